The van der Waals surface area contributed by atoms with Crippen LogP contribution in [0.3, 0.4) is 0 Å². The molecule has 2 aliphatic rings. The molecule has 8 heteroatoms. The number of ether oxygens (including phenoxy) is 1. The number of carboxylic acids is 1. The molecule has 0 atom stereocenters. The van der Waals surface area contributed by atoms with Crippen molar-refractivity contribution in [2.75, 3.05) is 62.8 Å². The number of benzene rings is 1. The molecule has 1 aromatic heterocycles. The van der Waals surface area contributed by atoms with Crippen molar-refractivity contribution >= 4 is 47.0 Å². The van der Waals surface area contributed by atoms with Gasteiger partial charge in [0.15, 0.2) is 0 Å². The van der Waals surface area contributed by atoms with E-state index in [0.29, 0.717) is 11.6 Å². The molecule has 0 aliphatic carbocycles. The fourth-order valence-corrected chi connectivity index (χ4v) is 5.03. The maximum atomic E-state index is 12.1. The van der Waals surface area contributed by atoms with Gasteiger partial charge in [-0.3, -0.25) is 0 Å². The molecule has 2 fully saturated rings. The van der Waals surface area contributed by atoms with Crippen molar-refractivity contribution in [1.29, 1.82) is 0 Å². The molecule has 1 N–H and O–H groups in total. The number of hydrogen-bond donors (Lipinski definition) is 1. The Hall–Kier alpha value is -1.64. The average molecular weight is 477 g/mol. The van der Waals surface area contributed by atoms with E-state index in [0.717, 1.165) is 93.4 Å². The Bertz CT molecular complexity index is 963. The fraction of sp³-hybridized carbons (Fsp3) is 0.538. The minimum absolute atomic E-state index is 0. The second kappa shape index (κ2) is 12.4. The summed E-state index contributed by atoms with van der Waals surface area (Å²) in [5.74, 6) is 0.0918. The number of carboxylic acid groups (broad SMARTS) is 1. The van der Waals surface area contributed by atoms with Crippen LogP contribution in [0.25, 0.3) is 11.1 Å². The van der Waals surface area contributed by atoms with Gasteiger partial charge in [0.2, 0.25) is 0 Å². The number of aromatic nitrogens is 1. The minimum atomic E-state index is -0.892. The number of hydrogen-bond acceptors (Lipinski definition) is 6. The third-order valence-electron chi connectivity index (χ3n) is 7.02. The van der Waals surface area contributed by atoms with Crippen molar-refractivity contribution < 1.29 is 14.6 Å². The summed E-state index contributed by atoms with van der Waals surface area (Å²) in [6.45, 7) is 10.5. The SMILES string of the molecule is CCN(c1cc(-c2ccc(N3CCCN(C)CC3)nc2)cc(C(=O)O)c1C)C1CCOCC1.[NaH]. The van der Waals surface area contributed by atoms with Crippen LogP contribution in [0.4, 0.5) is 11.5 Å². The van der Waals surface area contributed by atoms with E-state index in [9.17, 15) is 9.90 Å². The zero-order valence-corrected chi connectivity index (χ0v) is 20.1. The van der Waals surface area contributed by atoms with Crippen LogP contribution in [0.5, 0.6) is 0 Å². The molecule has 7 nitrogen and oxygen atoms in total. The molecular formula is C26H37N4NaO3. The van der Waals surface area contributed by atoms with E-state index in [1.165, 1.54) is 0 Å². The van der Waals surface area contributed by atoms with Crippen LogP contribution >= 0.6 is 0 Å². The monoisotopic (exact) mass is 476 g/mol. The van der Waals surface area contributed by atoms with Crippen LogP contribution in [-0.4, -0.2) is 110 Å². The first-order valence-corrected chi connectivity index (χ1v) is 12.1. The van der Waals surface area contributed by atoms with Crippen LogP contribution in [-0.2, 0) is 4.74 Å². The number of carbonyl (C=O) groups is 1. The predicted molar refractivity (Wildman–Crippen MR) is 140 cm³/mol. The van der Waals surface area contributed by atoms with Gasteiger partial charge in [-0.15, -0.1) is 0 Å². The molecule has 3 heterocycles. The second-order valence-electron chi connectivity index (χ2n) is 9.15. The summed E-state index contributed by atoms with van der Waals surface area (Å²) >= 11 is 0. The van der Waals surface area contributed by atoms with E-state index in [1.807, 2.05) is 13.1 Å². The molecule has 0 bridgehead atoms. The van der Waals surface area contributed by atoms with Crippen molar-refractivity contribution in [3.05, 3.63) is 41.6 Å². The Kier molecular flexibility index (Phi) is 9.80. The summed E-state index contributed by atoms with van der Waals surface area (Å²) < 4.78 is 5.55. The number of nitrogens with zero attached hydrogens (tertiary/aromatic N) is 4. The molecule has 1 aromatic carbocycles. The van der Waals surface area contributed by atoms with Gasteiger partial charge in [-0.2, -0.15) is 0 Å². The summed E-state index contributed by atoms with van der Waals surface area (Å²) in [6, 6.07) is 8.42. The number of aromatic carboxylic acids is 1. The summed E-state index contributed by atoms with van der Waals surface area (Å²) in [4.78, 5) is 23.9. The third-order valence-corrected chi connectivity index (χ3v) is 7.02. The van der Waals surface area contributed by atoms with Gasteiger partial charge in [-0.25, -0.2) is 9.78 Å². The molecular weight excluding hydrogens is 439 g/mol. The third kappa shape index (κ3) is 6.13. The molecule has 0 saturated carbocycles. The van der Waals surface area contributed by atoms with Gasteiger partial charge < -0.3 is 24.5 Å². The van der Waals surface area contributed by atoms with Gasteiger partial charge >= 0.3 is 35.5 Å². The van der Waals surface area contributed by atoms with E-state index < -0.39 is 5.97 Å². The summed E-state index contributed by atoms with van der Waals surface area (Å²) in [5.41, 5.74) is 4.01. The van der Waals surface area contributed by atoms with E-state index in [2.05, 4.69) is 46.9 Å². The molecule has 0 spiro atoms. The summed E-state index contributed by atoms with van der Waals surface area (Å²) in [7, 11) is 2.16. The van der Waals surface area contributed by atoms with Gasteiger partial charge in [-0.05, 0) is 82.1 Å². The molecule has 0 radical (unpaired) electrons. The molecule has 0 unspecified atom stereocenters. The van der Waals surface area contributed by atoms with Gasteiger partial charge in [-0.1, -0.05) is 0 Å². The van der Waals surface area contributed by atoms with Crippen molar-refractivity contribution in [3.63, 3.8) is 0 Å². The molecule has 2 saturated heterocycles. The maximum absolute atomic E-state index is 12.1. The van der Waals surface area contributed by atoms with Gasteiger partial charge in [0.05, 0.1) is 5.56 Å². The van der Waals surface area contributed by atoms with Crippen molar-refractivity contribution in [2.45, 2.75) is 39.2 Å². The van der Waals surface area contributed by atoms with E-state index in [1.54, 1.807) is 6.07 Å². The van der Waals surface area contributed by atoms with Crippen molar-refractivity contribution in [3.8, 4) is 11.1 Å². The van der Waals surface area contributed by atoms with Gasteiger partial charge in [0.25, 0.3) is 0 Å². The zero-order chi connectivity index (χ0) is 23.4. The molecule has 4 rings (SSSR count). The standard InChI is InChI=1S/C26H36N4O3.Na.H/c1-4-30(22-8-14-33-15-9-22)24-17-21(16-23(19(24)2)26(31)32)20-6-7-25(27-18-20)29-11-5-10-28(3)12-13-29;;/h6-7,16-18,22H,4-5,8-15H2,1-3H3,(H,31,32);;. The van der Waals surface area contributed by atoms with E-state index >= 15 is 0 Å². The summed E-state index contributed by atoms with van der Waals surface area (Å²) in [5, 5.41) is 9.92. The fourth-order valence-electron chi connectivity index (χ4n) is 5.03. The Balaban J connectivity index is 0.00000324. The Morgan fingerprint density at radius 2 is 1.91 bits per heavy atom. The predicted octanol–water partition coefficient (Wildman–Crippen LogP) is 3.25. The van der Waals surface area contributed by atoms with Crippen LogP contribution in [0.1, 0.15) is 42.1 Å². The second-order valence-corrected chi connectivity index (χ2v) is 9.15. The molecule has 34 heavy (non-hydrogen) atoms. The Morgan fingerprint density at radius 3 is 2.56 bits per heavy atom. The first kappa shape index (κ1) is 27.0. The topological polar surface area (TPSA) is 69.1 Å². The van der Waals surface area contributed by atoms with Crippen molar-refractivity contribution in [1.82, 2.24) is 9.88 Å². The van der Waals surface area contributed by atoms with Crippen LogP contribution in [0.15, 0.2) is 30.5 Å². The average Bonchev–Trinajstić information content (AvgIpc) is 3.05. The Labute approximate surface area is 225 Å². The van der Waals surface area contributed by atoms with E-state index in [4.69, 9.17) is 9.72 Å². The number of pyridine rings is 1. The van der Waals surface area contributed by atoms with Crippen LogP contribution in [0, 0.1) is 6.92 Å². The quantitative estimate of drug-likeness (QED) is 0.642. The van der Waals surface area contributed by atoms with Gasteiger partial charge in [0.1, 0.15) is 5.82 Å². The van der Waals surface area contributed by atoms with E-state index in [-0.39, 0.29) is 29.6 Å². The first-order valence-electron chi connectivity index (χ1n) is 12.1. The number of rotatable bonds is 6. The molecule has 2 aromatic rings. The van der Waals surface area contributed by atoms with Crippen LogP contribution < -0.4 is 9.80 Å². The molecule has 180 valence electrons. The Morgan fingerprint density at radius 1 is 1.15 bits per heavy atom. The van der Waals surface area contributed by atoms with Crippen molar-refractivity contribution in [2.24, 2.45) is 0 Å². The summed E-state index contributed by atoms with van der Waals surface area (Å²) in [6.07, 6.45) is 4.93. The van der Waals surface area contributed by atoms with Gasteiger partial charge in [0, 0.05) is 62.9 Å². The normalized spacial score (nSPS) is 17.7. The molecule has 0 amide bonds. The number of anilines is 2. The van der Waals surface area contributed by atoms with Crippen LogP contribution in [0.2, 0.25) is 0 Å². The number of likely N-dealkylation sites (N-methyl/N-ethyl adjacent to an activating group) is 1. The molecule has 2 aliphatic heterocycles. The first-order chi connectivity index (χ1) is 16.0. The zero-order valence-electron chi connectivity index (χ0n) is 20.1.